The van der Waals surface area contributed by atoms with Gasteiger partial charge in [0, 0.05) is 12.6 Å². The molecule has 2 N–H and O–H groups in total. The maximum absolute atomic E-state index is 9.53. The number of aliphatic hydroxyl groups excluding tert-OH is 1. The van der Waals surface area contributed by atoms with Crippen LogP contribution in [0.3, 0.4) is 0 Å². The van der Waals surface area contributed by atoms with Crippen LogP contribution in [0, 0.1) is 0 Å². The largest absolute Gasteiger partial charge is 0.389 e. The average molecular weight is 203 g/mol. The van der Waals surface area contributed by atoms with E-state index in [4.69, 9.17) is 4.74 Å². The molecule has 0 aliphatic carbocycles. The Bertz CT molecular complexity index is 128. The van der Waals surface area contributed by atoms with Gasteiger partial charge in [0.2, 0.25) is 0 Å². The lowest BCUT2D eigenvalue weighted by Crippen LogP contribution is -2.36. The van der Waals surface area contributed by atoms with Gasteiger partial charge in [0.05, 0.1) is 18.8 Å². The van der Waals surface area contributed by atoms with Crippen molar-refractivity contribution < 1.29 is 9.84 Å². The van der Waals surface area contributed by atoms with Gasteiger partial charge in [-0.25, -0.2) is 0 Å². The van der Waals surface area contributed by atoms with Crippen molar-refractivity contribution >= 4 is 0 Å². The van der Waals surface area contributed by atoms with Gasteiger partial charge in [-0.2, -0.15) is 0 Å². The van der Waals surface area contributed by atoms with Crippen LogP contribution in [0.25, 0.3) is 0 Å². The van der Waals surface area contributed by atoms with E-state index in [0.29, 0.717) is 19.2 Å². The fourth-order valence-electron chi connectivity index (χ4n) is 1.23. The van der Waals surface area contributed by atoms with E-state index >= 15 is 0 Å². The summed E-state index contributed by atoms with van der Waals surface area (Å²) < 4.78 is 5.31. The van der Waals surface area contributed by atoms with Crippen LogP contribution >= 0.6 is 0 Å². The molecule has 2 unspecified atom stereocenters. The first kappa shape index (κ1) is 13.9. The van der Waals surface area contributed by atoms with Crippen molar-refractivity contribution in [1.82, 2.24) is 5.32 Å². The molecule has 0 radical (unpaired) electrons. The highest BCUT2D eigenvalue weighted by Crippen LogP contribution is 1.96. The summed E-state index contributed by atoms with van der Waals surface area (Å²) in [5, 5.41) is 12.8. The minimum Gasteiger partial charge on any atom is -0.389 e. The second-order valence-corrected chi connectivity index (χ2v) is 4.13. The van der Waals surface area contributed by atoms with Crippen LogP contribution in [-0.2, 0) is 4.74 Å². The summed E-state index contributed by atoms with van der Waals surface area (Å²) in [6.45, 7) is 9.28. The van der Waals surface area contributed by atoms with Crippen LogP contribution in [0.1, 0.15) is 40.5 Å². The summed E-state index contributed by atoms with van der Waals surface area (Å²) in [5.41, 5.74) is 0. The third-order valence-electron chi connectivity index (χ3n) is 2.05. The van der Waals surface area contributed by atoms with Crippen LogP contribution in [0.4, 0.5) is 0 Å². The first-order valence-electron chi connectivity index (χ1n) is 5.59. The minimum absolute atomic E-state index is 0.192. The fraction of sp³-hybridized carbons (Fsp3) is 1.00. The Hall–Kier alpha value is -0.120. The van der Waals surface area contributed by atoms with E-state index in [0.717, 1.165) is 6.42 Å². The van der Waals surface area contributed by atoms with Crippen LogP contribution < -0.4 is 5.32 Å². The second kappa shape index (κ2) is 8.21. The lowest BCUT2D eigenvalue weighted by atomic mass is 10.2. The molecule has 0 rings (SSSR count). The van der Waals surface area contributed by atoms with Gasteiger partial charge < -0.3 is 15.2 Å². The van der Waals surface area contributed by atoms with Crippen molar-refractivity contribution in [2.45, 2.75) is 58.8 Å². The maximum Gasteiger partial charge on any atom is 0.0897 e. The molecule has 3 heteroatoms. The van der Waals surface area contributed by atoms with Crippen LogP contribution in [-0.4, -0.2) is 36.5 Å². The Morgan fingerprint density at radius 1 is 1.29 bits per heavy atom. The number of rotatable bonds is 8. The SMILES string of the molecule is CCCC(C)NCC(O)COC(C)C. The zero-order chi connectivity index (χ0) is 11.0. The molecule has 0 aliphatic rings. The molecule has 0 aromatic rings. The Morgan fingerprint density at radius 3 is 2.43 bits per heavy atom. The van der Waals surface area contributed by atoms with E-state index < -0.39 is 6.10 Å². The Balaban J connectivity index is 3.38. The second-order valence-electron chi connectivity index (χ2n) is 4.13. The first-order chi connectivity index (χ1) is 6.56. The zero-order valence-corrected chi connectivity index (χ0v) is 9.92. The molecule has 0 saturated heterocycles. The van der Waals surface area contributed by atoms with Gasteiger partial charge in [-0.3, -0.25) is 0 Å². The topological polar surface area (TPSA) is 41.5 Å². The van der Waals surface area contributed by atoms with Gasteiger partial charge in [-0.1, -0.05) is 13.3 Å². The van der Waals surface area contributed by atoms with E-state index in [1.807, 2.05) is 13.8 Å². The van der Waals surface area contributed by atoms with Crippen molar-refractivity contribution in [2.75, 3.05) is 13.2 Å². The van der Waals surface area contributed by atoms with Crippen molar-refractivity contribution in [1.29, 1.82) is 0 Å². The smallest absolute Gasteiger partial charge is 0.0897 e. The Kier molecular flexibility index (Phi) is 8.14. The van der Waals surface area contributed by atoms with E-state index in [9.17, 15) is 5.11 Å². The molecule has 0 saturated carbocycles. The highest BCUT2D eigenvalue weighted by atomic mass is 16.5. The minimum atomic E-state index is -0.392. The molecule has 0 heterocycles. The molecule has 0 amide bonds. The lowest BCUT2D eigenvalue weighted by molar-refractivity contribution is 0.00555. The third-order valence-corrected chi connectivity index (χ3v) is 2.05. The molecular weight excluding hydrogens is 178 g/mol. The predicted octanol–water partition coefficient (Wildman–Crippen LogP) is 1.55. The molecule has 86 valence electrons. The first-order valence-corrected chi connectivity index (χ1v) is 5.59. The third kappa shape index (κ3) is 8.48. The summed E-state index contributed by atoms with van der Waals surface area (Å²) >= 11 is 0. The molecule has 0 aromatic heterocycles. The van der Waals surface area contributed by atoms with E-state index in [2.05, 4.69) is 19.2 Å². The molecule has 14 heavy (non-hydrogen) atoms. The molecule has 0 spiro atoms. The normalized spacial score (nSPS) is 15.9. The van der Waals surface area contributed by atoms with E-state index in [-0.39, 0.29) is 6.10 Å². The number of ether oxygens (including phenoxy) is 1. The fourth-order valence-corrected chi connectivity index (χ4v) is 1.23. The molecular formula is C11H25NO2. The van der Waals surface area contributed by atoms with Crippen molar-refractivity contribution in [3.63, 3.8) is 0 Å². The molecule has 0 aliphatic heterocycles. The van der Waals surface area contributed by atoms with Gasteiger partial charge in [0.25, 0.3) is 0 Å². The summed E-state index contributed by atoms with van der Waals surface area (Å²) in [6, 6.07) is 0.480. The van der Waals surface area contributed by atoms with Crippen molar-refractivity contribution in [3.05, 3.63) is 0 Å². The summed E-state index contributed by atoms with van der Waals surface area (Å²) in [5.74, 6) is 0. The van der Waals surface area contributed by atoms with Crippen molar-refractivity contribution in [2.24, 2.45) is 0 Å². The van der Waals surface area contributed by atoms with Crippen LogP contribution in [0.15, 0.2) is 0 Å². The van der Waals surface area contributed by atoms with Crippen LogP contribution in [0.5, 0.6) is 0 Å². The average Bonchev–Trinajstić information content (AvgIpc) is 2.12. The predicted molar refractivity (Wildman–Crippen MR) is 59.5 cm³/mol. The van der Waals surface area contributed by atoms with Gasteiger partial charge in [-0.15, -0.1) is 0 Å². The number of hydrogen-bond acceptors (Lipinski definition) is 3. The molecule has 0 fully saturated rings. The number of hydrogen-bond donors (Lipinski definition) is 2. The van der Waals surface area contributed by atoms with Crippen LogP contribution in [0.2, 0.25) is 0 Å². The van der Waals surface area contributed by atoms with E-state index in [1.165, 1.54) is 6.42 Å². The molecule has 0 aromatic carbocycles. The zero-order valence-electron chi connectivity index (χ0n) is 9.92. The highest BCUT2D eigenvalue weighted by molar-refractivity contribution is 4.64. The Morgan fingerprint density at radius 2 is 1.93 bits per heavy atom. The monoisotopic (exact) mass is 203 g/mol. The molecule has 2 atom stereocenters. The van der Waals surface area contributed by atoms with Crippen molar-refractivity contribution in [3.8, 4) is 0 Å². The summed E-state index contributed by atoms with van der Waals surface area (Å²) in [6.07, 6.45) is 2.12. The maximum atomic E-state index is 9.53. The Labute approximate surface area is 87.8 Å². The van der Waals surface area contributed by atoms with Gasteiger partial charge >= 0.3 is 0 Å². The molecule has 3 nitrogen and oxygen atoms in total. The summed E-state index contributed by atoms with van der Waals surface area (Å²) in [7, 11) is 0. The van der Waals surface area contributed by atoms with Gasteiger partial charge in [-0.05, 0) is 27.2 Å². The van der Waals surface area contributed by atoms with Gasteiger partial charge in [0.1, 0.15) is 0 Å². The molecule has 0 bridgehead atoms. The van der Waals surface area contributed by atoms with E-state index in [1.54, 1.807) is 0 Å². The quantitative estimate of drug-likeness (QED) is 0.629. The lowest BCUT2D eigenvalue weighted by Gasteiger charge is -2.17. The summed E-state index contributed by atoms with van der Waals surface area (Å²) in [4.78, 5) is 0. The number of aliphatic hydroxyl groups is 1. The van der Waals surface area contributed by atoms with Gasteiger partial charge in [0.15, 0.2) is 0 Å². The standard InChI is InChI=1S/C11H25NO2/c1-5-6-10(4)12-7-11(13)8-14-9(2)3/h9-13H,5-8H2,1-4H3. The number of nitrogens with one attached hydrogen (secondary N) is 1. The highest BCUT2D eigenvalue weighted by Gasteiger charge is 2.07.